The van der Waals surface area contributed by atoms with Crippen molar-refractivity contribution < 1.29 is 9.59 Å². The first-order valence-corrected chi connectivity index (χ1v) is 11.2. The number of nitrogens with zero attached hydrogens (tertiary/aromatic N) is 1. The lowest BCUT2D eigenvalue weighted by Gasteiger charge is -2.32. The standard InChI is InChI=1S/C26H32N2O2/c1-19(2)27-25(30)26(15-16-28(18-26)24(29)21-12-8-13-21)17-22-11-6-7-14-23(22)20-9-4-3-5-10-20/h3-7,9-11,14,19,21H,8,12-13,15-18H2,1-2H3,(H,27,30)/t26-/m1/s1. The highest BCUT2D eigenvalue weighted by molar-refractivity contribution is 5.87. The van der Waals surface area contributed by atoms with Gasteiger partial charge in [-0.25, -0.2) is 0 Å². The lowest BCUT2D eigenvalue weighted by atomic mass is 9.77. The molecule has 4 nitrogen and oxygen atoms in total. The summed E-state index contributed by atoms with van der Waals surface area (Å²) in [5, 5.41) is 3.14. The first-order chi connectivity index (χ1) is 14.5. The Balaban J connectivity index is 1.64. The molecule has 0 radical (unpaired) electrons. The topological polar surface area (TPSA) is 49.4 Å². The maximum atomic E-state index is 13.4. The average Bonchev–Trinajstić information content (AvgIpc) is 3.13. The highest BCUT2D eigenvalue weighted by atomic mass is 16.2. The Hall–Kier alpha value is -2.62. The molecule has 1 saturated carbocycles. The van der Waals surface area contributed by atoms with Crippen molar-refractivity contribution in [1.29, 1.82) is 0 Å². The van der Waals surface area contributed by atoms with Crippen molar-refractivity contribution >= 4 is 11.8 Å². The first kappa shape index (κ1) is 20.6. The molecular formula is C26H32N2O2. The van der Waals surface area contributed by atoms with Crippen LogP contribution in [0.2, 0.25) is 0 Å². The molecular weight excluding hydrogens is 372 g/mol. The summed E-state index contributed by atoms with van der Waals surface area (Å²) < 4.78 is 0. The first-order valence-electron chi connectivity index (χ1n) is 11.2. The molecule has 1 aliphatic heterocycles. The molecule has 1 aliphatic carbocycles. The molecule has 0 unspecified atom stereocenters. The van der Waals surface area contributed by atoms with Gasteiger partial charge in [-0.3, -0.25) is 9.59 Å². The third-order valence-corrected chi connectivity index (χ3v) is 6.65. The average molecular weight is 405 g/mol. The van der Waals surface area contributed by atoms with Crippen LogP contribution >= 0.6 is 0 Å². The number of benzene rings is 2. The summed E-state index contributed by atoms with van der Waals surface area (Å²) >= 11 is 0. The monoisotopic (exact) mass is 404 g/mol. The fourth-order valence-corrected chi connectivity index (χ4v) is 4.74. The van der Waals surface area contributed by atoms with E-state index < -0.39 is 5.41 Å². The Labute approximate surface area is 179 Å². The Kier molecular flexibility index (Phi) is 5.94. The van der Waals surface area contributed by atoms with Gasteiger partial charge < -0.3 is 10.2 Å². The number of carbonyl (C=O) groups excluding carboxylic acids is 2. The summed E-state index contributed by atoms with van der Waals surface area (Å²) in [5.41, 5.74) is 2.92. The van der Waals surface area contributed by atoms with Crippen LogP contribution in [-0.2, 0) is 16.0 Å². The molecule has 2 aliphatic rings. The second kappa shape index (κ2) is 8.63. The van der Waals surface area contributed by atoms with Gasteiger partial charge in [0.2, 0.25) is 11.8 Å². The summed E-state index contributed by atoms with van der Waals surface area (Å²) in [6, 6.07) is 18.8. The fraction of sp³-hybridized carbons (Fsp3) is 0.462. The van der Waals surface area contributed by atoms with Gasteiger partial charge in [-0.2, -0.15) is 0 Å². The van der Waals surface area contributed by atoms with Gasteiger partial charge in [-0.1, -0.05) is 61.0 Å². The van der Waals surface area contributed by atoms with E-state index >= 15 is 0 Å². The third kappa shape index (κ3) is 4.14. The van der Waals surface area contributed by atoms with Crippen LogP contribution in [0.4, 0.5) is 0 Å². The van der Waals surface area contributed by atoms with Crippen LogP contribution in [0.15, 0.2) is 54.6 Å². The molecule has 2 aromatic carbocycles. The smallest absolute Gasteiger partial charge is 0.228 e. The third-order valence-electron chi connectivity index (χ3n) is 6.65. The van der Waals surface area contributed by atoms with Crippen molar-refractivity contribution in [3.8, 4) is 11.1 Å². The quantitative estimate of drug-likeness (QED) is 0.774. The zero-order valence-electron chi connectivity index (χ0n) is 18.1. The molecule has 30 heavy (non-hydrogen) atoms. The Bertz CT molecular complexity index is 904. The molecule has 4 rings (SSSR count). The van der Waals surface area contributed by atoms with E-state index in [0.717, 1.165) is 24.8 Å². The van der Waals surface area contributed by atoms with Crippen molar-refractivity contribution in [3.63, 3.8) is 0 Å². The maximum absolute atomic E-state index is 13.4. The fourth-order valence-electron chi connectivity index (χ4n) is 4.74. The molecule has 4 heteroatoms. The van der Waals surface area contributed by atoms with Crippen LogP contribution in [-0.4, -0.2) is 35.8 Å². The second-order valence-electron chi connectivity index (χ2n) is 9.25. The molecule has 1 N–H and O–H groups in total. The van der Waals surface area contributed by atoms with Crippen LogP contribution in [0.5, 0.6) is 0 Å². The van der Waals surface area contributed by atoms with E-state index in [-0.39, 0.29) is 23.8 Å². The van der Waals surface area contributed by atoms with E-state index in [2.05, 4.69) is 29.6 Å². The van der Waals surface area contributed by atoms with Gasteiger partial charge in [0.25, 0.3) is 0 Å². The Morgan fingerprint density at radius 1 is 1.07 bits per heavy atom. The minimum atomic E-state index is -0.575. The number of hydrogen-bond donors (Lipinski definition) is 1. The Morgan fingerprint density at radius 2 is 1.77 bits per heavy atom. The van der Waals surface area contributed by atoms with Gasteiger partial charge >= 0.3 is 0 Å². The lowest BCUT2D eigenvalue weighted by molar-refractivity contribution is -0.138. The largest absolute Gasteiger partial charge is 0.353 e. The zero-order chi connectivity index (χ0) is 21.1. The molecule has 158 valence electrons. The molecule has 1 saturated heterocycles. The van der Waals surface area contributed by atoms with Crippen LogP contribution < -0.4 is 5.32 Å². The van der Waals surface area contributed by atoms with E-state index in [9.17, 15) is 9.59 Å². The van der Waals surface area contributed by atoms with Crippen LogP contribution in [0.25, 0.3) is 11.1 Å². The molecule has 1 atom stereocenters. The second-order valence-corrected chi connectivity index (χ2v) is 9.25. The molecule has 0 aromatic heterocycles. The predicted octanol–water partition coefficient (Wildman–Crippen LogP) is 4.44. The minimum Gasteiger partial charge on any atom is -0.353 e. The van der Waals surface area contributed by atoms with Crippen molar-refractivity contribution in [1.82, 2.24) is 10.2 Å². The summed E-state index contributed by atoms with van der Waals surface area (Å²) in [4.78, 5) is 28.3. The number of amides is 2. The number of hydrogen-bond acceptors (Lipinski definition) is 2. The van der Waals surface area contributed by atoms with E-state index in [4.69, 9.17) is 0 Å². The van der Waals surface area contributed by atoms with Crippen LogP contribution in [0.1, 0.15) is 45.1 Å². The molecule has 0 spiro atoms. The van der Waals surface area contributed by atoms with Crippen molar-refractivity contribution in [2.45, 2.75) is 52.0 Å². The highest BCUT2D eigenvalue weighted by Crippen LogP contribution is 2.39. The molecule has 2 fully saturated rings. The van der Waals surface area contributed by atoms with E-state index in [1.807, 2.05) is 49.1 Å². The van der Waals surface area contributed by atoms with E-state index in [1.165, 1.54) is 11.1 Å². The minimum absolute atomic E-state index is 0.0734. The number of likely N-dealkylation sites (tertiary alicyclic amines) is 1. The summed E-state index contributed by atoms with van der Waals surface area (Å²) in [6.07, 6.45) is 4.50. The van der Waals surface area contributed by atoms with E-state index in [0.29, 0.717) is 25.9 Å². The van der Waals surface area contributed by atoms with Crippen molar-refractivity contribution in [2.24, 2.45) is 11.3 Å². The zero-order valence-corrected chi connectivity index (χ0v) is 18.1. The van der Waals surface area contributed by atoms with Crippen molar-refractivity contribution in [2.75, 3.05) is 13.1 Å². The summed E-state index contributed by atoms with van der Waals surface area (Å²) in [6.45, 7) is 5.18. The maximum Gasteiger partial charge on any atom is 0.228 e. The summed E-state index contributed by atoms with van der Waals surface area (Å²) in [7, 11) is 0. The van der Waals surface area contributed by atoms with E-state index in [1.54, 1.807) is 0 Å². The number of nitrogens with one attached hydrogen (secondary N) is 1. The number of carbonyl (C=O) groups is 2. The predicted molar refractivity (Wildman–Crippen MR) is 120 cm³/mol. The van der Waals surface area contributed by atoms with Crippen LogP contribution in [0, 0.1) is 11.3 Å². The van der Waals surface area contributed by atoms with Gasteiger partial charge in [-0.15, -0.1) is 0 Å². The molecule has 2 aromatic rings. The SMILES string of the molecule is CC(C)NC(=O)[C@@]1(Cc2ccccc2-c2ccccc2)CCN(C(=O)C2CCC2)C1. The summed E-state index contributed by atoms with van der Waals surface area (Å²) in [5.74, 6) is 0.492. The van der Waals surface area contributed by atoms with Gasteiger partial charge in [0.05, 0.1) is 5.41 Å². The lowest BCUT2D eigenvalue weighted by Crippen LogP contribution is -2.48. The molecule has 0 bridgehead atoms. The molecule has 2 amide bonds. The van der Waals surface area contributed by atoms with Gasteiger partial charge in [-0.05, 0) is 56.2 Å². The Morgan fingerprint density at radius 3 is 2.43 bits per heavy atom. The highest BCUT2D eigenvalue weighted by Gasteiger charge is 2.47. The van der Waals surface area contributed by atoms with Crippen LogP contribution in [0.3, 0.4) is 0 Å². The normalized spacial score (nSPS) is 21.5. The number of rotatable bonds is 6. The molecule has 1 heterocycles. The van der Waals surface area contributed by atoms with Crippen molar-refractivity contribution in [3.05, 3.63) is 60.2 Å². The van der Waals surface area contributed by atoms with Gasteiger partial charge in [0.15, 0.2) is 0 Å². The van der Waals surface area contributed by atoms with Gasteiger partial charge in [0, 0.05) is 25.0 Å². The van der Waals surface area contributed by atoms with Gasteiger partial charge in [0.1, 0.15) is 0 Å².